The molecule has 0 unspecified atom stereocenters. The second-order valence-corrected chi connectivity index (χ2v) is 7.26. The first kappa shape index (κ1) is 18.4. The van der Waals surface area contributed by atoms with Crippen molar-refractivity contribution in [3.63, 3.8) is 0 Å². The summed E-state index contributed by atoms with van der Waals surface area (Å²) in [4.78, 5) is 21.6. The number of hydrogen-bond donors (Lipinski definition) is 3. The summed E-state index contributed by atoms with van der Waals surface area (Å²) in [7, 11) is 1.28. The average molecular weight is 426 g/mol. The van der Waals surface area contributed by atoms with E-state index >= 15 is 0 Å². The van der Waals surface area contributed by atoms with Crippen LogP contribution >= 0.6 is 11.6 Å². The van der Waals surface area contributed by atoms with Crippen LogP contribution in [0.1, 0.15) is 10.5 Å². The summed E-state index contributed by atoms with van der Waals surface area (Å²) in [6.45, 7) is 0. The van der Waals surface area contributed by atoms with Crippen molar-refractivity contribution in [2.75, 3.05) is 7.11 Å². The van der Waals surface area contributed by atoms with Crippen LogP contribution in [0.4, 0.5) is 8.78 Å². The minimum atomic E-state index is -0.573. The van der Waals surface area contributed by atoms with Crippen LogP contribution in [0.3, 0.4) is 0 Å². The molecule has 0 bridgehead atoms. The number of aromatic nitrogens is 3. The third-order valence-corrected chi connectivity index (χ3v) is 5.49. The molecule has 8 heteroatoms. The van der Waals surface area contributed by atoms with Gasteiger partial charge in [0.1, 0.15) is 17.3 Å². The molecule has 150 valence electrons. The summed E-state index contributed by atoms with van der Waals surface area (Å²) in [6, 6.07) is 7.22. The molecule has 3 N–H and O–H groups in total. The summed E-state index contributed by atoms with van der Waals surface area (Å²) in [6.07, 6.45) is 5.06. The number of fused-ring (bicyclic) bond motifs is 2. The number of carbonyl (C=O) groups is 1. The SMILES string of the molecule is COC(=O)c1[nH]cc(-c2c[nH]c3cc(Cl)c(F)cc23)c1-c1c[nH]c2ccc(F)cc12. The third kappa shape index (κ3) is 2.70. The molecule has 0 aliphatic carbocycles. The summed E-state index contributed by atoms with van der Waals surface area (Å²) in [5, 5.41) is 1.21. The number of methoxy groups -OCH3 is 1. The van der Waals surface area contributed by atoms with E-state index in [0.29, 0.717) is 44.1 Å². The van der Waals surface area contributed by atoms with Crippen LogP contribution in [-0.4, -0.2) is 28.0 Å². The molecule has 0 atom stereocenters. The minimum Gasteiger partial charge on any atom is -0.464 e. The first-order chi connectivity index (χ1) is 14.5. The highest BCUT2D eigenvalue weighted by molar-refractivity contribution is 6.31. The smallest absolute Gasteiger partial charge is 0.355 e. The summed E-state index contributed by atoms with van der Waals surface area (Å²) < 4.78 is 33.0. The fraction of sp³-hybridized carbons (Fsp3) is 0.0455. The Bertz CT molecular complexity index is 1450. The molecule has 0 radical (unpaired) electrons. The van der Waals surface area contributed by atoms with Gasteiger partial charge in [-0.05, 0) is 30.3 Å². The van der Waals surface area contributed by atoms with Gasteiger partial charge in [-0.2, -0.15) is 0 Å². The van der Waals surface area contributed by atoms with E-state index in [4.69, 9.17) is 16.3 Å². The van der Waals surface area contributed by atoms with E-state index in [0.717, 1.165) is 0 Å². The molecule has 3 aromatic heterocycles. The first-order valence-electron chi connectivity index (χ1n) is 9.01. The minimum absolute atomic E-state index is 0.00699. The molecule has 2 aromatic carbocycles. The molecular weight excluding hydrogens is 412 g/mol. The zero-order valence-corrected chi connectivity index (χ0v) is 16.3. The largest absolute Gasteiger partial charge is 0.464 e. The fourth-order valence-electron chi connectivity index (χ4n) is 3.82. The standard InChI is InChI=1S/C22H14ClF2N3O2/c1-30-22(29)21-20(14-8-26-18-3-2-10(24)4-11(14)18)15(9-28-21)13-7-27-19-6-16(23)17(25)5-12(13)19/h2-9,26-28H,1H3. The van der Waals surface area contributed by atoms with E-state index < -0.39 is 17.6 Å². The number of benzene rings is 2. The summed E-state index contributed by atoms with van der Waals surface area (Å²) in [5.74, 6) is -1.52. The van der Waals surface area contributed by atoms with Gasteiger partial charge in [0.2, 0.25) is 0 Å². The molecule has 5 rings (SSSR count). The van der Waals surface area contributed by atoms with Crippen molar-refractivity contribution in [2.24, 2.45) is 0 Å². The van der Waals surface area contributed by atoms with Crippen LogP contribution in [0, 0.1) is 11.6 Å². The normalized spacial score (nSPS) is 11.5. The number of rotatable bonds is 3. The molecule has 0 fully saturated rings. The van der Waals surface area contributed by atoms with Crippen LogP contribution in [-0.2, 0) is 4.74 Å². The Labute approximate surface area is 173 Å². The van der Waals surface area contributed by atoms with Crippen molar-refractivity contribution >= 4 is 39.4 Å². The zero-order valence-electron chi connectivity index (χ0n) is 15.6. The number of hydrogen-bond acceptors (Lipinski definition) is 2. The van der Waals surface area contributed by atoms with Gasteiger partial charge in [-0.25, -0.2) is 13.6 Å². The molecular formula is C22H14ClF2N3O2. The Morgan fingerprint density at radius 1 is 0.900 bits per heavy atom. The van der Waals surface area contributed by atoms with E-state index in [1.54, 1.807) is 24.7 Å². The second-order valence-electron chi connectivity index (χ2n) is 6.85. The van der Waals surface area contributed by atoms with Gasteiger partial charge in [0, 0.05) is 62.7 Å². The summed E-state index contributed by atoms with van der Waals surface area (Å²) >= 11 is 5.90. The van der Waals surface area contributed by atoms with E-state index in [1.165, 1.54) is 31.4 Å². The van der Waals surface area contributed by atoms with Gasteiger partial charge in [0.25, 0.3) is 0 Å². The maximum atomic E-state index is 14.2. The van der Waals surface area contributed by atoms with Crippen LogP contribution in [0.2, 0.25) is 5.02 Å². The molecule has 0 spiro atoms. The Morgan fingerprint density at radius 3 is 2.40 bits per heavy atom. The van der Waals surface area contributed by atoms with Crippen molar-refractivity contribution in [3.8, 4) is 22.3 Å². The van der Waals surface area contributed by atoms with E-state index in [9.17, 15) is 13.6 Å². The first-order valence-corrected chi connectivity index (χ1v) is 9.39. The Morgan fingerprint density at radius 2 is 1.60 bits per heavy atom. The number of halogens is 3. The molecule has 5 aromatic rings. The maximum Gasteiger partial charge on any atom is 0.355 e. The van der Waals surface area contributed by atoms with Gasteiger partial charge in [0.05, 0.1) is 12.1 Å². The number of nitrogens with one attached hydrogen (secondary N) is 3. The highest BCUT2D eigenvalue weighted by Crippen LogP contribution is 2.42. The average Bonchev–Trinajstić information content (AvgIpc) is 3.43. The molecule has 0 saturated carbocycles. The lowest BCUT2D eigenvalue weighted by molar-refractivity contribution is 0.0596. The maximum absolute atomic E-state index is 14.2. The highest BCUT2D eigenvalue weighted by atomic mass is 35.5. The van der Waals surface area contributed by atoms with E-state index in [-0.39, 0.29) is 10.7 Å². The molecule has 0 saturated heterocycles. The van der Waals surface area contributed by atoms with Gasteiger partial charge in [-0.15, -0.1) is 0 Å². The van der Waals surface area contributed by atoms with Crippen molar-refractivity contribution < 1.29 is 18.3 Å². The molecule has 5 nitrogen and oxygen atoms in total. The number of H-pyrrole nitrogens is 3. The number of aromatic amines is 3. The van der Waals surface area contributed by atoms with Crippen LogP contribution in [0.15, 0.2) is 48.9 Å². The van der Waals surface area contributed by atoms with Gasteiger partial charge in [-0.3, -0.25) is 0 Å². The van der Waals surface area contributed by atoms with Crippen molar-refractivity contribution in [1.29, 1.82) is 0 Å². The van der Waals surface area contributed by atoms with Gasteiger partial charge in [-0.1, -0.05) is 11.6 Å². The van der Waals surface area contributed by atoms with Gasteiger partial charge in [0.15, 0.2) is 0 Å². The monoisotopic (exact) mass is 425 g/mol. The lowest BCUT2D eigenvalue weighted by Gasteiger charge is -2.06. The van der Waals surface area contributed by atoms with Crippen LogP contribution in [0.25, 0.3) is 44.1 Å². The fourth-order valence-corrected chi connectivity index (χ4v) is 3.98. The Hall–Kier alpha value is -3.58. The predicted octanol–water partition coefficient (Wildman–Crippen LogP) is 6.03. The topological polar surface area (TPSA) is 73.7 Å². The van der Waals surface area contributed by atoms with Crippen molar-refractivity contribution in [2.45, 2.75) is 0 Å². The highest BCUT2D eigenvalue weighted by Gasteiger charge is 2.24. The van der Waals surface area contributed by atoms with Crippen molar-refractivity contribution in [1.82, 2.24) is 15.0 Å². The van der Waals surface area contributed by atoms with E-state index in [2.05, 4.69) is 15.0 Å². The number of ether oxygens (including phenoxy) is 1. The number of carbonyl (C=O) groups excluding carboxylic acids is 1. The Balaban J connectivity index is 1.83. The molecule has 3 heterocycles. The molecule has 30 heavy (non-hydrogen) atoms. The van der Waals surface area contributed by atoms with Crippen molar-refractivity contribution in [3.05, 3.63) is 71.3 Å². The molecule has 0 aliphatic rings. The second kappa shape index (κ2) is 6.74. The lowest BCUT2D eigenvalue weighted by atomic mass is 9.96. The van der Waals surface area contributed by atoms with Crippen LogP contribution in [0.5, 0.6) is 0 Å². The van der Waals surface area contributed by atoms with Crippen LogP contribution < -0.4 is 0 Å². The molecule has 0 aliphatic heterocycles. The Kier molecular flexibility index (Phi) is 4.15. The van der Waals surface area contributed by atoms with Gasteiger partial charge >= 0.3 is 5.97 Å². The third-order valence-electron chi connectivity index (χ3n) is 5.20. The quantitative estimate of drug-likeness (QED) is 0.309. The zero-order chi connectivity index (χ0) is 21.0. The van der Waals surface area contributed by atoms with E-state index in [1.807, 2.05) is 0 Å². The molecule has 0 amide bonds. The number of esters is 1. The lowest BCUT2D eigenvalue weighted by Crippen LogP contribution is -2.03. The van der Waals surface area contributed by atoms with Gasteiger partial charge < -0.3 is 19.7 Å². The predicted molar refractivity (Wildman–Crippen MR) is 112 cm³/mol. The summed E-state index contributed by atoms with van der Waals surface area (Å²) in [5.41, 5.74) is 4.00.